The first kappa shape index (κ1) is 19.0. The average Bonchev–Trinajstić information content (AvgIpc) is 2.30. The topological polar surface area (TPSA) is 113 Å². The van der Waals surface area contributed by atoms with Crippen LogP contribution in [0.3, 0.4) is 0 Å². The van der Waals surface area contributed by atoms with Crippen LogP contribution in [0.25, 0.3) is 0 Å². The predicted octanol–water partition coefficient (Wildman–Crippen LogP) is 0.137. The molecule has 0 amide bonds. The fourth-order valence-electron chi connectivity index (χ4n) is 1.32. The third-order valence-electron chi connectivity index (χ3n) is 2.03. The van der Waals surface area contributed by atoms with E-state index in [-0.39, 0.29) is 0 Å². The Morgan fingerprint density at radius 1 is 0.857 bits per heavy atom. The van der Waals surface area contributed by atoms with Crippen molar-refractivity contribution in [3.05, 3.63) is 0 Å². The summed E-state index contributed by atoms with van der Waals surface area (Å²) in [7, 11) is 0. The van der Waals surface area contributed by atoms with E-state index in [0.717, 1.165) is 20.8 Å². The zero-order valence-corrected chi connectivity index (χ0v) is 12.5. The molecule has 0 aromatic heterocycles. The molecule has 118 valence electrons. The second-order valence-corrected chi connectivity index (χ2v) is 4.38. The van der Waals surface area contributed by atoms with Crippen LogP contribution in [0.1, 0.15) is 27.2 Å². The van der Waals surface area contributed by atoms with E-state index in [4.69, 9.17) is 16.3 Å². The summed E-state index contributed by atoms with van der Waals surface area (Å²) in [5, 5.41) is -0.913. The van der Waals surface area contributed by atoms with Gasteiger partial charge in [-0.3, -0.25) is 24.0 Å². The first-order valence-electron chi connectivity index (χ1n) is 5.83. The van der Waals surface area contributed by atoms with Crippen molar-refractivity contribution in [1.29, 1.82) is 0 Å². The highest BCUT2D eigenvalue weighted by Crippen LogP contribution is 2.10. The van der Waals surface area contributed by atoms with Gasteiger partial charge in [0.25, 0.3) is 0 Å². The number of carbonyl (C=O) groups is 5. The van der Waals surface area contributed by atoms with Crippen LogP contribution in [0.2, 0.25) is 0 Å². The summed E-state index contributed by atoms with van der Waals surface area (Å²) < 4.78 is 14.0. The Labute approximate surface area is 125 Å². The molecular formula is C12H15ClO8. The number of hydrogen-bond acceptors (Lipinski definition) is 8. The van der Waals surface area contributed by atoms with E-state index in [9.17, 15) is 24.0 Å². The summed E-state index contributed by atoms with van der Waals surface area (Å²) in [6.45, 7) is 2.62. The highest BCUT2D eigenvalue weighted by molar-refractivity contribution is 6.63. The number of hydrogen-bond donors (Lipinski definition) is 0. The van der Waals surface area contributed by atoms with Gasteiger partial charge < -0.3 is 14.2 Å². The van der Waals surface area contributed by atoms with Gasteiger partial charge in [0.05, 0.1) is 6.42 Å². The van der Waals surface area contributed by atoms with Crippen LogP contribution in [-0.4, -0.2) is 47.7 Å². The molecule has 0 saturated heterocycles. The Balaban J connectivity index is 5.05. The van der Waals surface area contributed by atoms with E-state index in [0.29, 0.717) is 0 Å². The molecule has 0 aliphatic carbocycles. The lowest BCUT2D eigenvalue weighted by atomic mass is 10.1. The van der Waals surface area contributed by atoms with Gasteiger partial charge in [0.1, 0.15) is 6.61 Å². The Kier molecular flexibility index (Phi) is 8.22. The number of ketones is 1. The summed E-state index contributed by atoms with van der Waals surface area (Å²) in [5.74, 6) is -3.23. The van der Waals surface area contributed by atoms with Crippen LogP contribution in [0.5, 0.6) is 0 Å². The number of halogens is 1. The minimum absolute atomic E-state index is 0.554. The van der Waals surface area contributed by atoms with Crippen LogP contribution < -0.4 is 0 Å². The highest BCUT2D eigenvalue weighted by atomic mass is 35.5. The Morgan fingerprint density at radius 3 is 1.71 bits per heavy atom. The molecule has 0 aromatic carbocycles. The Morgan fingerprint density at radius 2 is 1.33 bits per heavy atom. The third kappa shape index (κ3) is 8.74. The summed E-state index contributed by atoms with van der Waals surface area (Å²) >= 11 is 5.16. The molecule has 0 rings (SSSR count). The van der Waals surface area contributed by atoms with E-state index >= 15 is 0 Å². The highest BCUT2D eigenvalue weighted by Gasteiger charge is 2.33. The Bertz CT molecular complexity index is 429. The first-order valence-corrected chi connectivity index (χ1v) is 6.21. The lowest BCUT2D eigenvalue weighted by Crippen LogP contribution is -2.41. The minimum Gasteiger partial charge on any atom is -0.461 e. The third-order valence-corrected chi connectivity index (χ3v) is 2.19. The fraction of sp³-hybridized carbons (Fsp3) is 0.583. The second kappa shape index (κ2) is 9.06. The van der Waals surface area contributed by atoms with Crippen LogP contribution >= 0.6 is 11.6 Å². The van der Waals surface area contributed by atoms with Gasteiger partial charge in [-0.2, -0.15) is 0 Å². The van der Waals surface area contributed by atoms with Crippen LogP contribution in [0.4, 0.5) is 0 Å². The maximum absolute atomic E-state index is 12.1. The Hall–Kier alpha value is -1.96. The molecule has 2 atom stereocenters. The number of carbonyl (C=O) groups excluding carboxylic acids is 5. The van der Waals surface area contributed by atoms with Gasteiger partial charge in [-0.15, -0.1) is 0 Å². The van der Waals surface area contributed by atoms with Crippen LogP contribution in [0.15, 0.2) is 0 Å². The van der Waals surface area contributed by atoms with Crippen molar-refractivity contribution in [2.45, 2.75) is 39.4 Å². The van der Waals surface area contributed by atoms with Crippen LogP contribution in [-0.2, 0) is 38.2 Å². The van der Waals surface area contributed by atoms with Crippen molar-refractivity contribution in [2.75, 3.05) is 6.61 Å². The first-order chi connectivity index (χ1) is 9.63. The molecule has 0 aromatic rings. The number of esters is 3. The van der Waals surface area contributed by atoms with Gasteiger partial charge in [-0.1, -0.05) is 0 Å². The summed E-state index contributed by atoms with van der Waals surface area (Å²) in [6, 6.07) is 0. The van der Waals surface area contributed by atoms with E-state index in [2.05, 4.69) is 9.47 Å². The maximum Gasteiger partial charge on any atom is 0.303 e. The monoisotopic (exact) mass is 322 g/mol. The zero-order chi connectivity index (χ0) is 16.6. The molecule has 0 aliphatic heterocycles. The van der Waals surface area contributed by atoms with Crippen LogP contribution in [0, 0.1) is 0 Å². The largest absolute Gasteiger partial charge is 0.461 e. The standard InChI is InChI=1S/C12H15ClO8/c1-6(14)19-5-10(21-8(3)16)12(18)9(4-11(13)17)20-7(2)15/h9-10H,4-5H2,1-3H3. The smallest absolute Gasteiger partial charge is 0.303 e. The molecule has 9 heteroatoms. The molecule has 0 aliphatic rings. The average molecular weight is 323 g/mol. The lowest BCUT2D eigenvalue weighted by Gasteiger charge is -2.20. The van der Waals surface area contributed by atoms with Crippen molar-refractivity contribution >= 4 is 40.5 Å². The summed E-state index contributed by atoms with van der Waals surface area (Å²) in [4.78, 5) is 55.6. The molecular weight excluding hydrogens is 308 g/mol. The molecule has 0 spiro atoms. The number of rotatable bonds is 8. The molecule has 0 bridgehead atoms. The van der Waals surface area contributed by atoms with Crippen molar-refractivity contribution < 1.29 is 38.2 Å². The van der Waals surface area contributed by atoms with Gasteiger partial charge in [-0.05, 0) is 11.6 Å². The molecule has 0 N–H and O–H groups in total. The van der Waals surface area contributed by atoms with E-state index in [1.165, 1.54) is 0 Å². The van der Waals surface area contributed by atoms with Crippen molar-refractivity contribution in [2.24, 2.45) is 0 Å². The van der Waals surface area contributed by atoms with Gasteiger partial charge in [0.15, 0.2) is 12.2 Å². The van der Waals surface area contributed by atoms with E-state index in [1.807, 2.05) is 0 Å². The molecule has 21 heavy (non-hydrogen) atoms. The fourth-order valence-corrected chi connectivity index (χ4v) is 1.46. The van der Waals surface area contributed by atoms with Gasteiger partial charge in [0.2, 0.25) is 11.0 Å². The quantitative estimate of drug-likeness (QED) is 0.352. The van der Waals surface area contributed by atoms with E-state index in [1.54, 1.807) is 0 Å². The second-order valence-electron chi connectivity index (χ2n) is 3.96. The normalized spacial score (nSPS) is 12.8. The SMILES string of the molecule is CC(=O)OCC(OC(C)=O)C(=O)C(CC(=O)Cl)OC(C)=O. The molecule has 0 heterocycles. The van der Waals surface area contributed by atoms with Crippen molar-refractivity contribution in [3.63, 3.8) is 0 Å². The molecule has 8 nitrogen and oxygen atoms in total. The molecule has 0 saturated carbocycles. The zero-order valence-electron chi connectivity index (χ0n) is 11.7. The minimum atomic E-state index is -1.52. The summed E-state index contributed by atoms with van der Waals surface area (Å²) in [5.41, 5.74) is 0. The maximum atomic E-state index is 12.1. The summed E-state index contributed by atoms with van der Waals surface area (Å²) in [6.07, 6.45) is -3.60. The number of ether oxygens (including phenoxy) is 3. The number of Topliss-reactive ketones (excluding diaryl/α,β-unsaturated/α-hetero) is 1. The van der Waals surface area contributed by atoms with Gasteiger partial charge >= 0.3 is 17.9 Å². The molecule has 2 unspecified atom stereocenters. The lowest BCUT2D eigenvalue weighted by molar-refractivity contribution is -0.168. The van der Waals surface area contributed by atoms with Crippen molar-refractivity contribution in [1.82, 2.24) is 0 Å². The molecule has 0 radical (unpaired) electrons. The predicted molar refractivity (Wildman–Crippen MR) is 68.2 cm³/mol. The van der Waals surface area contributed by atoms with Crippen molar-refractivity contribution in [3.8, 4) is 0 Å². The molecule has 0 fully saturated rings. The van der Waals surface area contributed by atoms with E-state index < -0.39 is 54.2 Å². The van der Waals surface area contributed by atoms with Gasteiger partial charge in [-0.25, -0.2) is 0 Å². The van der Waals surface area contributed by atoms with Gasteiger partial charge in [0, 0.05) is 20.8 Å².